The molecular weight excluding hydrogens is 378 g/mol. The number of hydrogen-bond acceptors (Lipinski definition) is 0. The first-order valence-electron chi connectivity index (χ1n) is 10.9. The van der Waals surface area contributed by atoms with E-state index in [0.717, 1.165) is 0 Å². The van der Waals surface area contributed by atoms with Crippen LogP contribution in [0.25, 0.3) is 21.5 Å². The van der Waals surface area contributed by atoms with Crippen LogP contribution in [-0.4, -0.2) is 38.8 Å². The van der Waals surface area contributed by atoms with Gasteiger partial charge < -0.3 is 0 Å². The van der Waals surface area contributed by atoms with E-state index in [9.17, 15) is 0 Å². The maximum atomic E-state index is 2.51. The van der Waals surface area contributed by atoms with Gasteiger partial charge in [0.15, 0.2) is 0 Å². The summed E-state index contributed by atoms with van der Waals surface area (Å²) in [5.74, 6) is 0. The van der Waals surface area contributed by atoms with Gasteiger partial charge in [-0.1, -0.05) is 0 Å². The van der Waals surface area contributed by atoms with E-state index in [2.05, 4.69) is 155 Å². The van der Waals surface area contributed by atoms with Crippen LogP contribution in [-0.2, 0) is 0 Å². The second kappa shape index (κ2) is 8.72. The summed E-state index contributed by atoms with van der Waals surface area (Å²) < 4.78 is -2.01. The fourth-order valence-electron chi connectivity index (χ4n) is 5.01. The van der Waals surface area contributed by atoms with Gasteiger partial charge in [-0.05, 0) is 0 Å². The van der Waals surface area contributed by atoms with Gasteiger partial charge in [0.05, 0.1) is 0 Å². The van der Waals surface area contributed by atoms with Crippen LogP contribution >= 0.6 is 0 Å². The molecule has 3 heteroatoms. The second-order valence-electron chi connectivity index (χ2n) is 8.59. The molecule has 1 heterocycles. The fraction of sp³-hybridized carbons (Fsp3) is 0. The van der Waals surface area contributed by atoms with Crippen molar-refractivity contribution < 1.29 is 0 Å². The molecule has 0 unspecified atom stereocenters. The minimum atomic E-state index is -2.01. The summed E-state index contributed by atoms with van der Waals surface area (Å²) in [6.45, 7) is 0. The summed E-state index contributed by atoms with van der Waals surface area (Å²) in [5, 5.41) is 3.05. The molecule has 4 aromatic rings. The van der Waals surface area contributed by atoms with Crippen LogP contribution < -0.4 is 0 Å². The average Bonchev–Trinajstić information content (AvgIpc) is 3.08. The molecule has 0 atom stereocenters. The predicted molar refractivity (Wildman–Crippen MR) is 137 cm³/mol. The van der Waals surface area contributed by atoms with Crippen LogP contribution in [0, 0.1) is 0 Å². The van der Waals surface area contributed by atoms with Crippen LogP contribution in [0.4, 0.5) is 0 Å². The van der Waals surface area contributed by atoms with Crippen LogP contribution in [0.3, 0.4) is 0 Å². The van der Waals surface area contributed by atoms with E-state index in [1.54, 1.807) is 0 Å². The van der Waals surface area contributed by atoms with Crippen molar-refractivity contribution in [2.45, 2.75) is 0 Å². The third kappa shape index (κ3) is 3.79. The zero-order valence-electron chi connectivity index (χ0n) is 18.0. The van der Waals surface area contributed by atoms with Crippen LogP contribution in [0.5, 0.6) is 0 Å². The third-order valence-electron chi connectivity index (χ3n) is 6.25. The molecule has 138 valence electrons. The van der Waals surface area contributed by atoms with Crippen molar-refractivity contribution in [3.63, 3.8) is 0 Å². The molecule has 1 aliphatic rings. The van der Waals surface area contributed by atoms with Crippen LogP contribution in [0.1, 0.15) is 22.3 Å². The minimum absolute atomic E-state index is 1.30. The Labute approximate surface area is 202 Å². The zero-order valence-corrected chi connectivity index (χ0v) is 19.0. The quantitative estimate of drug-likeness (QED) is 0.366. The molecule has 0 radical (unpaired) electrons. The van der Waals surface area contributed by atoms with Gasteiger partial charge in [0.2, 0.25) is 0 Å². The Balaban J connectivity index is 1.92. The van der Waals surface area contributed by atoms with E-state index in [0.29, 0.717) is 0 Å². The van der Waals surface area contributed by atoms with Crippen molar-refractivity contribution in [3.05, 3.63) is 144 Å². The average molecular weight is 398 g/mol. The van der Waals surface area contributed by atoms with Crippen molar-refractivity contribution in [2.24, 2.45) is 0 Å². The second-order valence-corrected chi connectivity index (χ2v) is 12.8. The Bertz CT molecular complexity index is 1160. The van der Waals surface area contributed by atoms with E-state index in [1.165, 1.54) is 43.8 Å². The molecule has 0 amide bonds. The molecular formula is C28H20Li2Si. The van der Waals surface area contributed by atoms with E-state index < -0.39 is 4.72 Å². The molecule has 0 aliphatic carbocycles. The van der Waals surface area contributed by atoms with Gasteiger partial charge in [-0.2, -0.15) is 0 Å². The molecule has 31 heavy (non-hydrogen) atoms. The van der Waals surface area contributed by atoms with Crippen molar-refractivity contribution in [2.75, 3.05) is 0 Å². The third-order valence-corrected chi connectivity index (χ3v) is 9.83. The van der Waals surface area contributed by atoms with Gasteiger partial charge in [-0.25, -0.2) is 0 Å². The summed E-state index contributed by atoms with van der Waals surface area (Å²) >= 11 is 5.02. The molecule has 0 aromatic heterocycles. The van der Waals surface area contributed by atoms with E-state index in [-0.39, 0.29) is 0 Å². The van der Waals surface area contributed by atoms with Gasteiger partial charge in [0.1, 0.15) is 0 Å². The van der Waals surface area contributed by atoms with Crippen LogP contribution in [0.15, 0.2) is 121 Å². The first kappa shape index (κ1) is 20.7. The van der Waals surface area contributed by atoms with Gasteiger partial charge >= 0.3 is 204 Å². The molecule has 0 saturated carbocycles. The molecule has 0 saturated heterocycles. The standard InChI is InChI=1S/C28H20Si.2Li/c1-5-13-21(14-6-1)25-26(22-15-7-2-8-16-22)28(24-19-11-4-12-20-24)29-27(25)23-17-9-3-10-18-23;;/h1-20H;;. The number of benzene rings is 4. The molecule has 0 fully saturated rings. The molecule has 0 spiro atoms. The van der Waals surface area contributed by atoms with Gasteiger partial charge in [0.25, 0.3) is 0 Å². The Hall–Kier alpha value is -2.23. The molecule has 0 bridgehead atoms. The maximum absolute atomic E-state index is 2.51. The Kier molecular flexibility index (Phi) is 5.81. The van der Waals surface area contributed by atoms with Gasteiger partial charge in [0, 0.05) is 0 Å². The van der Waals surface area contributed by atoms with Gasteiger partial charge in [-0.3, -0.25) is 0 Å². The van der Waals surface area contributed by atoms with E-state index in [4.69, 9.17) is 0 Å². The summed E-state index contributed by atoms with van der Waals surface area (Å²) in [4.78, 5) is 0. The van der Waals surface area contributed by atoms with Crippen molar-refractivity contribution >= 4 is 60.3 Å². The summed E-state index contributed by atoms with van der Waals surface area (Å²) in [6.07, 6.45) is 0. The molecule has 0 N–H and O–H groups in total. The molecule has 0 nitrogen and oxygen atoms in total. The molecule has 1 aliphatic heterocycles. The zero-order chi connectivity index (χ0) is 21.3. The SMILES string of the molecule is [Li][Si]1([Li])C(c2ccccc2)=C(c2ccccc2)C(c2ccccc2)=C1c1ccccc1. The summed E-state index contributed by atoms with van der Waals surface area (Å²) in [5.41, 5.74) is 8.08. The van der Waals surface area contributed by atoms with Crippen LogP contribution in [0.2, 0.25) is 0 Å². The Morgan fingerprint density at radius 2 is 0.613 bits per heavy atom. The summed E-state index contributed by atoms with van der Waals surface area (Å²) in [6, 6.07) is 43.9. The number of allylic oxidation sites excluding steroid dienone is 2. The normalized spacial score (nSPS) is 15.5. The Morgan fingerprint density at radius 3 is 0.903 bits per heavy atom. The Morgan fingerprint density at radius 1 is 0.355 bits per heavy atom. The molecule has 4 aromatic carbocycles. The first-order chi connectivity index (χ1) is 15.2. The predicted octanol–water partition coefficient (Wildman–Crippen LogP) is 6.08. The van der Waals surface area contributed by atoms with Crippen molar-refractivity contribution in [1.82, 2.24) is 0 Å². The van der Waals surface area contributed by atoms with Gasteiger partial charge in [-0.15, -0.1) is 0 Å². The summed E-state index contributed by atoms with van der Waals surface area (Å²) in [7, 11) is 0. The fourth-order valence-corrected chi connectivity index (χ4v) is 8.82. The van der Waals surface area contributed by atoms with E-state index in [1.807, 2.05) is 0 Å². The monoisotopic (exact) mass is 398 g/mol. The van der Waals surface area contributed by atoms with Crippen molar-refractivity contribution in [1.29, 1.82) is 0 Å². The number of hydrogen-bond donors (Lipinski definition) is 0. The van der Waals surface area contributed by atoms with Crippen molar-refractivity contribution in [3.8, 4) is 0 Å². The molecule has 5 rings (SSSR count). The van der Waals surface area contributed by atoms with E-state index >= 15 is 0 Å². The number of rotatable bonds is 4. The topological polar surface area (TPSA) is 0 Å². The first-order valence-corrected chi connectivity index (χ1v) is 13.9.